The lowest BCUT2D eigenvalue weighted by Gasteiger charge is -2.12. The Morgan fingerprint density at radius 2 is 2.37 bits per heavy atom. The van der Waals surface area contributed by atoms with Gasteiger partial charge >= 0.3 is 0 Å². The van der Waals surface area contributed by atoms with E-state index in [9.17, 15) is 0 Å². The van der Waals surface area contributed by atoms with Gasteiger partial charge in [-0.25, -0.2) is 4.98 Å². The third kappa shape index (κ3) is 2.53. The Hall–Kier alpha value is -1.33. The highest BCUT2D eigenvalue weighted by atomic mass is 79.9. The van der Waals surface area contributed by atoms with Gasteiger partial charge in [-0.15, -0.1) is 0 Å². The number of nitrogens with one attached hydrogen (secondary N) is 1. The van der Waals surface area contributed by atoms with Gasteiger partial charge in [0.1, 0.15) is 5.75 Å². The van der Waals surface area contributed by atoms with Crippen LogP contribution in [0.1, 0.15) is 16.8 Å². The molecule has 1 aliphatic heterocycles. The van der Waals surface area contributed by atoms with Crippen molar-refractivity contribution in [2.45, 2.75) is 19.5 Å². The van der Waals surface area contributed by atoms with E-state index in [4.69, 9.17) is 4.74 Å². The van der Waals surface area contributed by atoms with E-state index in [0.29, 0.717) is 0 Å². The zero-order chi connectivity index (χ0) is 13.2. The van der Waals surface area contributed by atoms with Gasteiger partial charge in [-0.05, 0) is 24.7 Å². The Morgan fingerprint density at radius 3 is 3.21 bits per heavy atom. The second-order valence-corrected chi connectivity index (χ2v) is 5.61. The number of fused-ring (bicyclic) bond motifs is 1. The van der Waals surface area contributed by atoms with Crippen LogP contribution in [0.4, 0.5) is 0 Å². The summed E-state index contributed by atoms with van der Waals surface area (Å²) >= 11 is 3.58. The van der Waals surface area contributed by atoms with E-state index in [1.165, 1.54) is 16.8 Å². The summed E-state index contributed by atoms with van der Waals surface area (Å²) in [6.45, 7) is 2.39. The number of hydrogen-bond acceptors (Lipinski definition) is 3. The van der Waals surface area contributed by atoms with Gasteiger partial charge in [0.15, 0.2) is 0 Å². The van der Waals surface area contributed by atoms with Crippen LogP contribution in [0.15, 0.2) is 29.1 Å². The Kier molecular flexibility index (Phi) is 3.57. The molecule has 0 unspecified atom stereocenters. The normalized spacial score (nSPS) is 13.4. The van der Waals surface area contributed by atoms with Crippen LogP contribution in [0.25, 0.3) is 0 Å². The van der Waals surface area contributed by atoms with E-state index >= 15 is 0 Å². The molecule has 3 rings (SSSR count). The van der Waals surface area contributed by atoms with Crippen molar-refractivity contribution < 1.29 is 4.74 Å². The van der Waals surface area contributed by atoms with Crippen molar-refractivity contribution in [2.24, 2.45) is 0 Å². The number of ether oxygens (including phenoxy) is 1. The summed E-state index contributed by atoms with van der Waals surface area (Å²) < 4.78 is 9.03. The molecule has 1 N–H and O–H groups in total. The van der Waals surface area contributed by atoms with Gasteiger partial charge < -0.3 is 14.6 Å². The summed E-state index contributed by atoms with van der Waals surface area (Å²) in [7, 11) is 1.94. The van der Waals surface area contributed by atoms with Crippen LogP contribution in [0.5, 0.6) is 5.75 Å². The number of nitrogens with zero attached hydrogens (tertiary/aromatic N) is 2. The lowest BCUT2D eigenvalue weighted by Crippen LogP contribution is -2.11. The van der Waals surface area contributed by atoms with E-state index < -0.39 is 0 Å². The summed E-state index contributed by atoms with van der Waals surface area (Å²) in [4.78, 5) is 4.22. The molecule has 0 saturated heterocycles. The van der Waals surface area contributed by atoms with Crippen molar-refractivity contribution in [2.75, 3.05) is 13.7 Å². The van der Waals surface area contributed by atoms with Gasteiger partial charge in [0, 0.05) is 29.2 Å². The highest BCUT2D eigenvalue weighted by Crippen LogP contribution is 2.33. The van der Waals surface area contributed by atoms with E-state index in [-0.39, 0.29) is 0 Å². The molecule has 1 aliphatic rings. The molecule has 0 radical (unpaired) electrons. The van der Waals surface area contributed by atoms with Crippen LogP contribution >= 0.6 is 15.9 Å². The smallest absolute Gasteiger partial charge is 0.127 e. The van der Waals surface area contributed by atoms with Gasteiger partial charge in [-0.2, -0.15) is 0 Å². The van der Waals surface area contributed by atoms with E-state index in [0.717, 1.165) is 36.3 Å². The first-order chi connectivity index (χ1) is 9.28. The molecular formula is C14H16BrN3O. The highest BCUT2D eigenvalue weighted by molar-refractivity contribution is 9.10. The molecule has 2 aromatic rings. The summed E-state index contributed by atoms with van der Waals surface area (Å²) in [5.41, 5.74) is 3.67. The summed E-state index contributed by atoms with van der Waals surface area (Å²) in [6, 6.07) is 4.28. The number of benzene rings is 1. The van der Waals surface area contributed by atoms with Crippen molar-refractivity contribution in [1.82, 2.24) is 14.9 Å². The van der Waals surface area contributed by atoms with Crippen LogP contribution in [0, 0.1) is 0 Å². The number of hydrogen-bond donors (Lipinski definition) is 1. The van der Waals surface area contributed by atoms with Crippen molar-refractivity contribution >= 4 is 15.9 Å². The Labute approximate surface area is 120 Å². The van der Waals surface area contributed by atoms with Crippen LogP contribution in [-0.2, 0) is 19.5 Å². The largest absolute Gasteiger partial charge is 0.493 e. The molecule has 4 nitrogen and oxygen atoms in total. The van der Waals surface area contributed by atoms with Crippen molar-refractivity contribution in [3.8, 4) is 5.75 Å². The van der Waals surface area contributed by atoms with Crippen molar-refractivity contribution in [3.05, 3.63) is 46.0 Å². The average Bonchev–Trinajstić information content (AvgIpc) is 2.99. The Bertz CT molecular complexity index is 594. The number of imidazole rings is 1. The van der Waals surface area contributed by atoms with E-state index in [2.05, 4.69) is 42.9 Å². The predicted octanol–water partition coefficient (Wildman–Crippen LogP) is 2.35. The number of aromatic nitrogens is 2. The van der Waals surface area contributed by atoms with Gasteiger partial charge in [0.2, 0.25) is 0 Å². The predicted molar refractivity (Wildman–Crippen MR) is 77.4 cm³/mol. The summed E-state index contributed by atoms with van der Waals surface area (Å²) in [6.07, 6.45) is 4.76. The molecule has 0 bridgehead atoms. The SMILES string of the molecule is CNCc1cncn1Cc1cc(Br)cc2c1OCC2. The fraction of sp³-hybridized carbons (Fsp3) is 0.357. The topological polar surface area (TPSA) is 39.1 Å². The van der Waals surface area contributed by atoms with Gasteiger partial charge in [-0.3, -0.25) is 0 Å². The lowest BCUT2D eigenvalue weighted by atomic mass is 10.1. The third-order valence-corrected chi connectivity index (χ3v) is 3.78. The zero-order valence-corrected chi connectivity index (χ0v) is 12.4. The number of rotatable bonds is 4. The first-order valence-corrected chi connectivity index (χ1v) is 7.15. The minimum atomic E-state index is 0.784. The zero-order valence-electron chi connectivity index (χ0n) is 10.8. The van der Waals surface area contributed by atoms with Crippen LogP contribution in [0.2, 0.25) is 0 Å². The molecule has 1 aromatic heterocycles. The molecule has 0 spiro atoms. The molecule has 0 aliphatic carbocycles. The fourth-order valence-electron chi connectivity index (χ4n) is 2.47. The third-order valence-electron chi connectivity index (χ3n) is 3.32. The summed E-state index contributed by atoms with van der Waals surface area (Å²) in [5.74, 6) is 1.05. The molecular weight excluding hydrogens is 306 g/mol. The van der Waals surface area contributed by atoms with Crippen molar-refractivity contribution in [3.63, 3.8) is 0 Å². The quantitative estimate of drug-likeness (QED) is 0.939. The molecule has 0 saturated carbocycles. The Morgan fingerprint density at radius 1 is 1.47 bits per heavy atom. The van der Waals surface area contributed by atoms with Gasteiger partial charge in [-0.1, -0.05) is 15.9 Å². The van der Waals surface area contributed by atoms with E-state index in [1.54, 1.807) is 0 Å². The molecule has 0 amide bonds. The van der Waals surface area contributed by atoms with Crippen LogP contribution < -0.4 is 10.1 Å². The monoisotopic (exact) mass is 321 g/mol. The second-order valence-electron chi connectivity index (χ2n) is 4.69. The first kappa shape index (κ1) is 12.7. The minimum absolute atomic E-state index is 0.784. The second kappa shape index (κ2) is 5.35. The van der Waals surface area contributed by atoms with Crippen LogP contribution in [-0.4, -0.2) is 23.2 Å². The molecule has 0 atom stereocenters. The molecule has 100 valence electrons. The number of halogens is 1. The Balaban J connectivity index is 1.93. The maximum absolute atomic E-state index is 5.76. The highest BCUT2D eigenvalue weighted by Gasteiger charge is 2.18. The molecule has 1 aromatic carbocycles. The van der Waals surface area contributed by atoms with Gasteiger partial charge in [0.05, 0.1) is 25.2 Å². The fourth-order valence-corrected chi connectivity index (χ4v) is 3.02. The summed E-state index contributed by atoms with van der Waals surface area (Å²) in [5, 5.41) is 3.16. The van der Waals surface area contributed by atoms with E-state index in [1.807, 2.05) is 19.6 Å². The molecule has 2 heterocycles. The van der Waals surface area contributed by atoms with Crippen molar-refractivity contribution in [1.29, 1.82) is 0 Å². The standard InChI is InChI=1S/C14H16BrN3O/c1-16-6-13-7-17-9-18(13)8-11-5-12(15)4-10-2-3-19-14(10)11/h4-5,7,9,16H,2-3,6,8H2,1H3. The minimum Gasteiger partial charge on any atom is -0.493 e. The maximum atomic E-state index is 5.76. The van der Waals surface area contributed by atoms with Gasteiger partial charge in [0.25, 0.3) is 0 Å². The molecule has 0 fully saturated rings. The first-order valence-electron chi connectivity index (χ1n) is 6.35. The lowest BCUT2D eigenvalue weighted by molar-refractivity contribution is 0.352. The molecule has 19 heavy (non-hydrogen) atoms. The molecule has 5 heteroatoms. The average molecular weight is 322 g/mol. The maximum Gasteiger partial charge on any atom is 0.127 e. The van der Waals surface area contributed by atoms with Crippen LogP contribution in [0.3, 0.4) is 0 Å².